The van der Waals surface area contributed by atoms with Crippen LogP contribution >= 0.6 is 0 Å². The summed E-state index contributed by atoms with van der Waals surface area (Å²) in [7, 11) is 0. The maximum Gasteiger partial charge on any atom is 0.147 e. The number of para-hydroxylation sites is 1. The number of fused-ring (bicyclic) bond motifs is 1. The molecule has 3 rings (SSSR count). The van der Waals surface area contributed by atoms with Gasteiger partial charge >= 0.3 is 0 Å². The first-order valence-electron chi connectivity index (χ1n) is 7.01. The van der Waals surface area contributed by atoms with Gasteiger partial charge in [0.15, 0.2) is 0 Å². The molecule has 1 aromatic heterocycles. The van der Waals surface area contributed by atoms with E-state index >= 15 is 0 Å². The van der Waals surface area contributed by atoms with Gasteiger partial charge in [0.2, 0.25) is 0 Å². The molecule has 1 aliphatic carbocycles. The van der Waals surface area contributed by atoms with Crippen molar-refractivity contribution >= 4 is 16.7 Å². The summed E-state index contributed by atoms with van der Waals surface area (Å²) in [6.07, 6.45) is 3.43. The monoisotopic (exact) mass is 267 g/mol. The van der Waals surface area contributed by atoms with Gasteiger partial charge in [-0.25, -0.2) is 4.98 Å². The molecule has 0 saturated heterocycles. The Morgan fingerprint density at radius 3 is 2.80 bits per heavy atom. The number of hydrogen-bond acceptors (Lipinski definition) is 4. The van der Waals surface area contributed by atoms with Gasteiger partial charge in [0.1, 0.15) is 11.9 Å². The number of benzene rings is 1. The van der Waals surface area contributed by atoms with Gasteiger partial charge < -0.3 is 10.0 Å². The standard InChI is InChI=1S/C16H17N3O/c17-11-13-10-12-4-1-2-7-15(12)18-16(13)19(8-9-20)14-5-3-6-14/h1-2,4,7,10,14,20H,3,5-6,8-9H2. The van der Waals surface area contributed by atoms with Gasteiger partial charge in [0.05, 0.1) is 17.7 Å². The van der Waals surface area contributed by atoms with Crippen molar-refractivity contribution in [2.45, 2.75) is 25.3 Å². The van der Waals surface area contributed by atoms with Crippen LogP contribution in [-0.2, 0) is 0 Å². The summed E-state index contributed by atoms with van der Waals surface area (Å²) in [5, 5.41) is 19.7. The third-order valence-corrected chi connectivity index (χ3v) is 3.95. The number of aliphatic hydroxyl groups is 1. The first-order chi connectivity index (χ1) is 9.83. The Bertz CT molecular complexity index is 658. The molecule has 1 saturated carbocycles. The summed E-state index contributed by atoms with van der Waals surface area (Å²) in [5.74, 6) is 0.713. The second-order valence-corrected chi connectivity index (χ2v) is 5.17. The molecular weight excluding hydrogens is 250 g/mol. The number of nitriles is 1. The lowest BCUT2D eigenvalue weighted by Gasteiger charge is -2.38. The summed E-state index contributed by atoms with van der Waals surface area (Å²) < 4.78 is 0. The maximum absolute atomic E-state index is 9.39. The molecule has 4 heteroatoms. The highest BCUT2D eigenvalue weighted by Crippen LogP contribution is 2.31. The van der Waals surface area contributed by atoms with Crippen LogP contribution < -0.4 is 4.90 Å². The molecule has 1 aromatic carbocycles. The van der Waals surface area contributed by atoms with E-state index in [1.807, 2.05) is 30.3 Å². The average Bonchev–Trinajstić information content (AvgIpc) is 2.43. The van der Waals surface area contributed by atoms with E-state index in [2.05, 4.69) is 16.0 Å². The summed E-state index contributed by atoms with van der Waals surface area (Å²) in [5.41, 5.74) is 1.48. The van der Waals surface area contributed by atoms with Crippen molar-refractivity contribution in [1.29, 1.82) is 5.26 Å². The van der Waals surface area contributed by atoms with Crippen LogP contribution in [0.15, 0.2) is 30.3 Å². The molecule has 4 nitrogen and oxygen atoms in total. The Morgan fingerprint density at radius 1 is 1.35 bits per heavy atom. The Kier molecular flexibility index (Phi) is 3.53. The number of nitrogens with zero attached hydrogens (tertiary/aromatic N) is 3. The normalized spacial score (nSPS) is 14.8. The third kappa shape index (κ3) is 2.21. The minimum Gasteiger partial charge on any atom is -0.395 e. The number of rotatable bonds is 4. The predicted octanol–water partition coefficient (Wildman–Crippen LogP) is 2.46. The van der Waals surface area contributed by atoms with Crippen LogP contribution in [0.3, 0.4) is 0 Å². The van der Waals surface area contributed by atoms with Crippen LogP contribution in [-0.4, -0.2) is 29.3 Å². The number of hydrogen-bond donors (Lipinski definition) is 1. The van der Waals surface area contributed by atoms with E-state index in [1.165, 1.54) is 6.42 Å². The van der Waals surface area contributed by atoms with Gasteiger partial charge in [-0.15, -0.1) is 0 Å². The Morgan fingerprint density at radius 2 is 2.15 bits per heavy atom. The van der Waals surface area contributed by atoms with Gasteiger partial charge in [-0.1, -0.05) is 18.2 Å². The molecule has 0 unspecified atom stereocenters. The van der Waals surface area contributed by atoms with E-state index in [1.54, 1.807) is 0 Å². The lowest BCUT2D eigenvalue weighted by Crippen LogP contribution is -2.42. The topological polar surface area (TPSA) is 60.2 Å². The number of anilines is 1. The lowest BCUT2D eigenvalue weighted by molar-refractivity contribution is 0.283. The third-order valence-electron chi connectivity index (χ3n) is 3.95. The Balaban J connectivity index is 2.09. The lowest BCUT2D eigenvalue weighted by atomic mass is 9.91. The molecule has 1 heterocycles. The molecule has 0 atom stereocenters. The summed E-state index contributed by atoms with van der Waals surface area (Å²) >= 11 is 0. The van der Waals surface area contributed by atoms with E-state index in [9.17, 15) is 10.4 Å². The van der Waals surface area contributed by atoms with Crippen molar-refractivity contribution in [3.63, 3.8) is 0 Å². The van der Waals surface area contributed by atoms with Gasteiger partial charge in [-0.05, 0) is 31.4 Å². The molecule has 1 N–H and O–H groups in total. The van der Waals surface area contributed by atoms with E-state index in [4.69, 9.17) is 0 Å². The van der Waals surface area contributed by atoms with Crippen LogP contribution in [0.5, 0.6) is 0 Å². The molecule has 0 aliphatic heterocycles. The van der Waals surface area contributed by atoms with Crippen LogP contribution in [0.25, 0.3) is 10.9 Å². The van der Waals surface area contributed by atoms with Crippen molar-refractivity contribution in [2.75, 3.05) is 18.1 Å². The zero-order valence-corrected chi connectivity index (χ0v) is 11.3. The van der Waals surface area contributed by atoms with Gasteiger partial charge in [-0.3, -0.25) is 0 Å². The first kappa shape index (κ1) is 12.9. The van der Waals surface area contributed by atoms with Crippen molar-refractivity contribution in [2.24, 2.45) is 0 Å². The fourth-order valence-electron chi connectivity index (χ4n) is 2.67. The van der Waals surface area contributed by atoms with Crippen molar-refractivity contribution in [1.82, 2.24) is 4.98 Å². The van der Waals surface area contributed by atoms with E-state index in [0.717, 1.165) is 23.7 Å². The fraction of sp³-hybridized carbons (Fsp3) is 0.375. The fourth-order valence-corrected chi connectivity index (χ4v) is 2.67. The van der Waals surface area contributed by atoms with Crippen molar-refractivity contribution in [3.05, 3.63) is 35.9 Å². The summed E-state index contributed by atoms with van der Waals surface area (Å²) in [6.45, 7) is 0.612. The molecule has 1 fully saturated rings. The summed E-state index contributed by atoms with van der Waals surface area (Å²) in [4.78, 5) is 6.75. The average molecular weight is 267 g/mol. The van der Waals surface area contributed by atoms with Crippen LogP contribution in [0.1, 0.15) is 24.8 Å². The van der Waals surface area contributed by atoms with Crippen LogP contribution in [0.4, 0.5) is 5.82 Å². The molecular formula is C16H17N3O. The highest BCUT2D eigenvalue weighted by atomic mass is 16.3. The minimum atomic E-state index is 0.0792. The predicted molar refractivity (Wildman–Crippen MR) is 78.5 cm³/mol. The van der Waals surface area contributed by atoms with Crippen LogP contribution in [0.2, 0.25) is 0 Å². The number of aliphatic hydroxyl groups excluding tert-OH is 1. The van der Waals surface area contributed by atoms with E-state index in [-0.39, 0.29) is 6.61 Å². The molecule has 102 valence electrons. The SMILES string of the molecule is N#Cc1cc2ccccc2nc1N(CCO)C1CCC1. The smallest absolute Gasteiger partial charge is 0.147 e. The van der Waals surface area contributed by atoms with Crippen molar-refractivity contribution < 1.29 is 5.11 Å². The molecule has 0 amide bonds. The number of aromatic nitrogens is 1. The Hall–Kier alpha value is -2.12. The zero-order chi connectivity index (χ0) is 13.9. The van der Waals surface area contributed by atoms with Gasteiger partial charge in [0.25, 0.3) is 0 Å². The highest BCUT2D eigenvalue weighted by Gasteiger charge is 2.27. The summed E-state index contributed by atoms with van der Waals surface area (Å²) in [6, 6.07) is 12.4. The van der Waals surface area contributed by atoms with Crippen LogP contribution in [0, 0.1) is 11.3 Å². The van der Waals surface area contributed by atoms with Gasteiger partial charge in [0, 0.05) is 18.0 Å². The molecule has 0 radical (unpaired) electrons. The quantitative estimate of drug-likeness (QED) is 0.924. The first-order valence-corrected chi connectivity index (χ1v) is 7.01. The van der Waals surface area contributed by atoms with E-state index < -0.39 is 0 Å². The minimum absolute atomic E-state index is 0.0792. The molecule has 0 spiro atoms. The Labute approximate surface area is 118 Å². The molecule has 20 heavy (non-hydrogen) atoms. The zero-order valence-electron chi connectivity index (χ0n) is 11.3. The molecule has 1 aliphatic rings. The molecule has 2 aromatic rings. The van der Waals surface area contributed by atoms with E-state index in [0.29, 0.717) is 24.0 Å². The second-order valence-electron chi connectivity index (χ2n) is 5.17. The second kappa shape index (κ2) is 5.48. The maximum atomic E-state index is 9.39. The number of pyridine rings is 1. The largest absolute Gasteiger partial charge is 0.395 e. The van der Waals surface area contributed by atoms with Crippen molar-refractivity contribution in [3.8, 4) is 6.07 Å². The van der Waals surface area contributed by atoms with Gasteiger partial charge in [-0.2, -0.15) is 5.26 Å². The molecule has 0 bridgehead atoms. The highest BCUT2D eigenvalue weighted by molar-refractivity contribution is 5.83.